The van der Waals surface area contributed by atoms with Crippen molar-refractivity contribution in [2.45, 2.75) is 37.2 Å². The van der Waals surface area contributed by atoms with Crippen LogP contribution in [-0.2, 0) is 10.1 Å². The van der Waals surface area contributed by atoms with Gasteiger partial charge in [-0.2, -0.15) is 0 Å². The zero-order valence-electron chi connectivity index (χ0n) is 17.2. The number of fused-ring (bicyclic) bond motifs is 1. The molecule has 0 N–H and O–H groups in total. The average Bonchev–Trinajstić information content (AvgIpc) is 3.25. The Kier molecular flexibility index (Phi) is 4.88. The van der Waals surface area contributed by atoms with Crippen molar-refractivity contribution in [1.82, 2.24) is 15.0 Å². The molecule has 0 saturated carbocycles. The van der Waals surface area contributed by atoms with Gasteiger partial charge in [0.2, 0.25) is 0 Å². The van der Waals surface area contributed by atoms with Gasteiger partial charge in [-0.05, 0) is 0 Å². The molecule has 3 aromatic rings. The normalized spacial score (nSPS) is 19.6. The van der Waals surface area contributed by atoms with Crippen LogP contribution in [0.4, 0.5) is 0 Å². The molecule has 0 bridgehead atoms. The number of Topliss-reactive ketones (excluding diaryl/α,β-unsaturated/α-hetero) is 2. The summed E-state index contributed by atoms with van der Waals surface area (Å²) in [6, 6.07) is 16.8. The minimum absolute atomic E-state index is 0.149. The summed E-state index contributed by atoms with van der Waals surface area (Å²) in [6.07, 6.45) is 2.43. The number of ketones is 2. The van der Waals surface area contributed by atoms with Crippen molar-refractivity contribution < 1.29 is 14.3 Å². The standard InChI is InChI=1S/C24H21N3O3Se/c1-24(2)12-19(27-13-15(25-26-27)14-31-16-8-4-3-5-9-16)20-21(28)17-10-6-7-11-18(17)22(29)23(20)30-24/h3-11,13,19H,12,14H2,1-2H3. The Morgan fingerprint density at radius 1 is 1.03 bits per heavy atom. The second-order valence-corrected chi connectivity index (χ2v) is 10.5. The Bertz CT molecular complexity index is 1210. The van der Waals surface area contributed by atoms with E-state index in [4.69, 9.17) is 4.74 Å². The number of allylic oxidation sites excluding steroid dienone is 2. The van der Waals surface area contributed by atoms with E-state index in [-0.39, 0.29) is 32.3 Å². The van der Waals surface area contributed by atoms with Gasteiger partial charge in [0.25, 0.3) is 0 Å². The predicted molar refractivity (Wildman–Crippen MR) is 117 cm³/mol. The van der Waals surface area contributed by atoms with Crippen molar-refractivity contribution in [2.24, 2.45) is 0 Å². The maximum atomic E-state index is 13.4. The number of carbonyl (C=O) groups is 2. The fraction of sp³-hybridized carbons (Fsp3) is 0.250. The first-order valence-electron chi connectivity index (χ1n) is 10.1. The van der Waals surface area contributed by atoms with Gasteiger partial charge in [0.15, 0.2) is 0 Å². The van der Waals surface area contributed by atoms with Gasteiger partial charge in [0.1, 0.15) is 0 Å². The second-order valence-electron chi connectivity index (χ2n) is 8.32. The molecule has 0 amide bonds. The van der Waals surface area contributed by atoms with Gasteiger partial charge in [-0.3, -0.25) is 0 Å². The zero-order valence-corrected chi connectivity index (χ0v) is 19.0. The van der Waals surface area contributed by atoms with Gasteiger partial charge in [-0.1, -0.05) is 0 Å². The minimum atomic E-state index is -0.605. The van der Waals surface area contributed by atoms with E-state index in [1.165, 1.54) is 4.46 Å². The zero-order chi connectivity index (χ0) is 21.6. The van der Waals surface area contributed by atoms with Crippen LogP contribution in [0.25, 0.3) is 0 Å². The molecule has 7 heteroatoms. The summed E-state index contributed by atoms with van der Waals surface area (Å²) in [6.45, 7) is 3.86. The molecule has 0 radical (unpaired) electrons. The maximum absolute atomic E-state index is 13.4. The summed E-state index contributed by atoms with van der Waals surface area (Å²) in [4.78, 5) is 26.5. The first-order chi connectivity index (χ1) is 14.9. The number of nitrogens with zero attached hydrogens (tertiary/aromatic N) is 3. The molecule has 1 aromatic heterocycles. The Balaban J connectivity index is 1.49. The number of benzene rings is 2. The van der Waals surface area contributed by atoms with E-state index in [0.29, 0.717) is 23.1 Å². The summed E-state index contributed by atoms with van der Waals surface area (Å²) in [5.41, 5.74) is 1.48. The van der Waals surface area contributed by atoms with Crippen LogP contribution in [0.15, 0.2) is 72.1 Å². The third-order valence-electron chi connectivity index (χ3n) is 5.52. The van der Waals surface area contributed by atoms with Crippen LogP contribution in [0.2, 0.25) is 0 Å². The molecule has 2 heterocycles. The van der Waals surface area contributed by atoms with Crippen molar-refractivity contribution >= 4 is 31.0 Å². The molecule has 0 spiro atoms. The van der Waals surface area contributed by atoms with Crippen molar-refractivity contribution in [3.8, 4) is 0 Å². The molecule has 1 aliphatic heterocycles. The monoisotopic (exact) mass is 479 g/mol. The Hall–Kier alpha value is -3.02. The molecule has 5 rings (SSSR count). The Morgan fingerprint density at radius 3 is 2.45 bits per heavy atom. The molecular formula is C24H21N3O3Se. The van der Waals surface area contributed by atoms with E-state index in [1.807, 2.05) is 38.2 Å². The van der Waals surface area contributed by atoms with Crippen LogP contribution in [0, 0.1) is 0 Å². The predicted octanol–water partition coefficient (Wildman–Crippen LogP) is 2.88. The summed E-state index contributed by atoms with van der Waals surface area (Å²) in [5, 5.41) is 9.51. The van der Waals surface area contributed by atoms with E-state index in [2.05, 4.69) is 22.4 Å². The third-order valence-corrected chi connectivity index (χ3v) is 7.71. The van der Waals surface area contributed by atoms with E-state index >= 15 is 0 Å². The summed E-state index contributed by atoms with van der Waals surface area (Å²) >= 11 is 0.247. The summed E-state index contributed by atoms with van der Waals surface area (Å²) in [7, 11) is 0. The van der Waals surface area contributed by atoms with Crippen molar-refractivity contribution in [2.75, 3.05) is 0 Å². The second kappa shape index (κ2) is 7.59. The van der Waals surface area contributed by atoms with E-state index in [0.717, 1.165) is 11.0 Å². The van der Waals surface area contributed by atoms with E-state index in [9.17, 15) is 9.59 Å². The summed E-state index contributed by atoms with van der Waals surface area (Å²) in [5.74, 6) is -0.262. The van der Waals surface area contributed by atoms with Gasteiger partial charge < -0.3 is 0 Å². The molecule has 1 unspecified atom stereocenters. The third kappa shape index (κ3) is 3.64. The molecule has 2 aromatic carbocycles. The SMILES string of the molecule is CC1(C)CC(n2cc(C[Se]c3ccccc3)nn2)C2=C(O1)C(=O)c1ccccc1C2=O. The molecule has 156 valence electrons. The van der Waals surface area contributed by atoms with E-state index in [1.54, 1.807) is 28.9 Å². The Morgan fingerprint density at radius 2 is 1.71 bits per heavy atom. The quantitative estimate of drug-likeness (QED) is 0.540. The molecule has 31 heavy (non-hydrogen) atoms. The van der Waals surface area contributed by atoms with Crippen molar-refractivity contribution in [1.29, 1.82) is 0 Å². The van der Waals surface area contributed by atoms with Gasteiger partial charge in [-0.15, -0.1) is 0 Å². The summed E-state index contributed by atoms with van der Waals surface area (Å²) < 4.78 is 9.06. The van der Waals surface area contributed by atoms with Crippen molar-refractivity contribution in [3.63, 3.8) is 0 Å². The van der Waals surface area contributed by atoms with Gasteiger partial charge in [0.05, 0.1) is 0 Å². The van der Waals surface area contributed by atoms with Gasteiger partial charge in [-0.25, -0.2) is 0 Å². The number of rotatable bonds is 4. The number of hydrogen-bond acceptors (Lipinski definition) is 5. The number of ether oxygens (including phenoxy) is 1. The van der Waals surface area contributed by atoms with Crippen LogP contribution in [0.3, 0.4) is 0 Å². The van der Waals surface area contributed by atoms with Crippen LogP contribution >= 0.6 is 0 Å². The van der Waals surface area contributed by atoms with Crippen LogP contribution in [-0.4, -0.2) is 47.1 Å². The molecular weight excluding hydrogens is 457 g/mol. The van der Waals surface area contributed by atoms with Crippen LogP contribution < -0.4 is 4.46 Å². The molecule has 1 atom stereocenters. The molecule has 2 aliphatic rings. The molecule has 0 fully saturated rings. The fourth-order valence-corrected chi connectivity index (χ4v) is 5.76. The first-order valence-corrected chi connectivity index (χ1v) is 12.2. The number of carbonyl (C=O) groups excluding carboxylic acids is 2. The first kappa shape index (κ1) is 19.9. The van der Waals surface area contributed by atoms with Crippen molar-refractivity contribution in [3.05, 3.63) is 88.9 Å². The molecule has 6 nitrogen and oxygen atoms in total. The van der Waals surface area contributed by atoms with E-state index < -0.39 is 11.6 Å². The topological polar surface area (TPSA) is 74.1 Å². The molecule has 0 saturated heterocycles. The molecule has 1 aliphatic carbocycles. The fourth-order valence-electron chi connectivity index (χ4n) is 4.09. The average molecular weight is 478 g/mol. The number of aromatic nitrogens is 3. The Labute approximate surface area is 186 Å². The van der Waals surface area contributed by atoms with Gasteiger partial charge in [0, 0.05) is 0 Å². The number of hydrogen-bond donors (Lipinski definition) is 0. The van der Waals surface area contributed by atoms with Gasteiger partial charge >= 0.3 is 186 Å². The van der Waals surface area contributed by atoms with Crippen LogP contribution in [0.5, 0.6) is 0 Å². The van der Waals surface area contributed by atoms with Crippen LogP contribution in [0.1, 0.15) is 52.7 Å².